The van der Waals surface area contributed by atoms with Gasteiger partial charge in [-0.25, -0.2) is 0 Å². The van der Waals surface area contributed by atoms with Crippen LogP contribution in [0.2, 0.25) is 0 Å². The summed E-state index contributed by atoms with van der Waals surface area (Å²) in [5, 5.41) is 3.00. The molecule has 112 valence electrons. The van der Waals surface area contributed by atoms with Crippen LogP contribution in [0.25, 0.3) is 0 Å². The van der Waals surface area contributed by atoms with Crippen molar-refractivity contribution in [2.75, 3.05) is 6.54 Å². The zero-order valence-corrected chi connectivity index (χ0v) is 12.7. The third kappa shape index (κ3) is 4.85. The molecule has 4 nitrogen and oxygen atoms in total. The number of nitrogens with two attached hydrogens (primary N) is 1. The van der Waals surface area contributed by atoms with Gasteiger partial charge >= 0.3 is 0 Å². The van der Waals surface area contributed by atoms with Gasteiger partial charge in [-0.2, -0.15) is 0 Å². The Labute approximate surface area is 121 Å². The normalized spacial score (nSPS) is 12.2. The fourth-order valence-corrected chi connectivity index (χ4v) is 2.04. The van der Waals surface area contributed by atoms with Gasteiger partial charge < -0.3 is 15.8 Å². The van der Waals surface area contributed by atoms with Crippen molar-refractivity contribution in [2.24, 2.45) is 5.73 Å². The number of carbonyl (C=O) groups excluding carboxylic acids is 1. The third-order valence-electron chi connectivity index (χ3n) is 3.39. The minimum absolute atomic E-state index is 0.0683. The number of rotatable bonds is 8. The molecule has 0 heterocycles. The molecule has 4 heteroatoms. The number of carbonyl (C=O) groups is 1. The summed E-state index contributed by atoms with van der Waals surface area (Å²) < 4.78 is 5.78. The lowest BCUT2D eigenvalue weighted by Gasteiger charge is -2.20. The Hall–Kier alpha value is -1.55. The van der Waals surface area contributed by atoms with Gasteiger partial charge in [0, 0.05) is 6.04 Å². The molecule has 1 atom stereocenters. The van der Waals surface area contributed by atoms with E-state index in [4.69, 9.17) is 10.5 Å². The number of hydrogen-bond donors (Lipinski definition) is 2. The van der Waals surface area contributed by atoms with E-state index in [9.17, 15) is 4.79 Å². The molecule has 0 aliphatic carbocycles. The summed E-state index contributed by atoms with van der Waals surface area (Å²) in [6, 6.07) is 7.93. The fourth-order valence-electron chi connectivity index (χ4n) is 2.04. The molecule has 0 radical (unpaired) electrons. The monoisotopic (exact) mass is 278 g/mol. The second-order valence-corrected chi connectivity index (χ2v) is 4.93. The molecule has 0 saturated heterocycles. The van der Waals surface area contributed by atoms with Crippen molar-refractivity contribution in [3.05, 3.63) is 29.8 Å². The number of ether oxygens (including phenoxy) is 1. The Morgan fingerprint density at radius 2 is 1.95 bits per heavy atom. The molecular formula is C16H26N2O2. The number of amides is 1. The molecule has 1 unspecified atom stereocenters. The van der Waals surface area contributed by atoms with Gasteiger partial charge in [0.05, 0.1) is 0 Å². The van der Waals surface area contributed by atoms with Crippen molar-refractivity contribution in [1.29, 1.82) is 0 Å². The van der Waals surface area contributed by atoms with Crippen LogP contribution >= 0.6 is 0 Å². The van der Waals surface area contributed by atoms with E-state index in [1.165, 1.54) is 0 Å². The molecule has 0 saturated carbocycles. The fraction of sp³-hybridized carbons (Fsp3) is 0.562. The van der Waals surface area contributed by atoms with E-state index in [-0.39, 0.29) is 11.9 Å². The standard InChI is InChI=1S/C16H26N2O2/c1-4-14(5-2)18-16(19)12(3)20-15-9-7-6-8-13(15)10-11-17/h6-9,12,14H,4-5,10-11,17H2,1-3H3,(H,18,19). The summed E-state index contributed by atoms with van der Waals surface area (Å²) in [4.78, 5) is 12.1. The van der Waals surface area contributed by atoms with Crippen LogP contribution in [-0.4, -0.2) is 24.6 Å². The second-order valence-electron chi connectivity index (χ2n) is 4.93. The molecule has 0 aliphatic rings. The van der Waals surface area contributed by atoms with Crippen molar-refractivity contribution in [1.82, 2.24) is 5.32 Å². The van der Waals surface area contributed by atoms with E-state index in [1.807, 2.05) is 24.3 Å². The van der Waals surface area contributed by atoms with Crippen LogP contribution in [0.15, 0.2) is 24.3 Å². The molecule has 1 aromatic carbocycles. The van der Waals surface area contributed by atoms with Gasteiger partial charge in [-0.05, 0) is 44.4 Å². The number of hydrogen-bond acceptors (Lipinski definition) is 3. The van der Waals surface area contributed by atoms with E-state index in [2.05, 4.69) is 19.2 Å². The van der Waals surface area contributed by atoms with Crippen LogP contribution in [0.3, 0.4) is 0 Å². The summed E-state index contributed by atoms with van der Waals surface area (Å²) in [5.41, 5.74) is 6.63. The van der Waals surface area contributed by atoms with Crippen molar-refractivity contribution in [2.45, 2.75) is 52.2 Å². The maximum Gasteiger partial charge on any atom is 0.260 e. The first-order chi connectivity index (χ1) is 9.62. The maximum atomic E-state index is 12.1. The zero-order valence-electron chi connectivity index (χ0n) is 12.7. The molecular weight excluding hydrogens is 252 g/mol. The molecule has 20 heavy (non-hydrogen) atoms. The molecule has 0 aromatic heterocycles. The topological polar surface area (TPSA) is 64.3 Å². The van der Waals surface area contributed by atoms with Crippen LogP contribution < -0.4 is 15.8 Å². The predicted molar refractivity (Wildman–Crippen MR) is 81.8 cm³/mol. The van der Waals surface area contributed by atoms with E-state index < -0.39 is 6.10 Å². The van der Waals surface area contributed by atoms with Crippen molar-refractivity contribution in [3.8, 4) is 5.75 Å². The first kappa shape index (κ1) is 16.5. The Morgan fingerprint density at radius 3 is 2.55 bits per heavy atom. The largest absolute Gasteiger partial charge is 0.481 e. The molecule has 0 bridgehead atoms. The van der Waals surface area contributed by atoms with Crippen LogP contribution in [0.1, 0.15) is 39.2 Å². The molecule has 1 rings (SSSR count). The predicted octanol–water partition coefficient (Wildman–Crippen LogP) is 2.26. The average Bonchev–Trinajstić information content (AvgIpc) is 2.46. The van der Waals surface area contributed by atoms with Gasteiger partial charge in [0.2, 0.25) is 0 Å². The molecule has 0 spiro atoms. The van der Waals surface area contributed by atoms with Gasteiger partial charge in [-0.15, -0.1) is 0 Å². The number of benzene rings is 1. The highest BCUT2D eigenvalue weighted by molar-refractivity contribution is 5.81. The quantitative estimate of drug-likeness (QED) is 0.766. The smallest absolute Gasteiger partial charge is 0.260 e. The van der Waals surface area contributed by atoms with E-state index in [0.29, 0.717) is 6.54 Å². The minimum Gasteiger partial charge on any atom is -0.481 e. The Kier molecular flexibility index (Phi) is 7.09. The van der Waals surface area contributed by atoms with Gasteiger partial charge in [0.1, 0.15) is 5.75 Å². The van der Waals surface area contributed by atoms with E-state index in [1.54, 1.807) is 6.92 Å². The molecule has 0 fully saturated rings. The van der Waals surface area contributed by atoms with Crippen LogP contribution in [0.4, 0.5) is 0 Å². The van der Waals surface area contributed by atoms with Crippen molar-refractivity contribution >= 4 is 5.91 Å². The lowest BCUT2D eigenvalue weighted by atomic mass is 10.1. The summed E-state index contributed by atoms with van der Waals surface area (Å²) >= 11 is 0. The Bertz CT molecular complexity index is 417. The van der Waals surface area contributed by atoms with Crippen LogP contribution in [0, 0.1) is 0 Å². The summed E-state index contributed by atoms with van der Waals surface area (Å²) in [5.74, 6) is 0.673. The van der Waals surface area contributed by atoms with E-state index >= 15 is 0 Å². The molecule has 1 amide bonds. The maximum absolute atomic E-state index is 12.1. The average molecular weight is 278 g/mol. The Balaban J connectivity index is 2.65. The molecule has 1 aromatic rings. The first-order valence-corrected chi connectivity index (χ1v) is 7.37. The van der Waals surface area contributed by atoms with E-state index in [0.717, 1.165) is 30.6 Å². The van der Waals surface area contributed by atoms with Crippen LogP contribution in [-0.2, 0) is 11.2 Å². The lowest BCUT2D eigenvalue weighted by molar-refractivity contribution is -0.128. The summed E-state index contributed by atoms with van der Waals surface area (Å²) in [6.07, 6.45) is 2.10. The molecule has 0 aliphatic heterocycles. The number of para-hydroxylation sites is 1. The highest BCUT2D eigenvalue weighted by atomic mass is 16.5. The highest BCUT2D eigenvalue weighted by Gasteiger charge is 2.18. The number of nitrogens with one attached hydrogen (secondary N) is 1. The minimum atomic E-state index is -0.505. The Morgan fingerprint density at radius 1 is 1.30 bits per heavy atom. The van der Waals surface area contributed by atoms with Gasteiger partial charge in [-0.3, -0.25) is 4.79 Å². The van der Waals surface area contributed by atoms with Gasteiger partial charge in [-0.1, -0.05) is 32.0 Å². The van der Waals surface area contributed by atoms with Crippen molar-refractivity contribution in [3.63, 3.8) is 0 Å². The second kappa shape index (κ2) is 8.59. The summed E-state index contributed by atoms with van der Waals surface area (Å²) in [7, 11) is 0. The zero-order chi connectivity index (χ0) is 15.0. The van der Waals surface area contributed by atoms with Gasteiger partial charge in [0.25, 0.3) is 5.91 Å². The summed E-state index contributed by atoms with van der Waals surface area (Å²) in [6.45, 7) is 6.47. The first-order valence-electron chi connectivity index (χ1n) is 7.37. The highest BCUT2D eigenvalue weighted by Crippen LogP contribution is 2.19. The third-order valence-corrected chi connectivity index (χ3v) is 3.39. The van der Waals surface area contributed by atoms with Gasteiger partial charge in [0.15, 0.2) is 6.10 Å². The van der Waals surface area contributed by atoms with Crippen LogP contribution in [0.5, 0.6) is 5.75 Å². The SMILES string of the molecule is CCC(CC)NC(=O)C(C)Oc1ccccc1CCN. The lowest BCUT2D eigenvalue weighted by Crippen LogP contribution is -2.42. The van der Waals surface area contributed by atoms with Crippen molar-refractivity contribution < 1.29 is 9.53 Å². The molecule has 3 N–H and O–H groups in total.